The van der Waals surface area contributed by atoms with Crippen LogP contribution in [0.5, 0.6) is 0 Å². The van der Waals surface area contributed by atoms with Crippen LogP contribution in [0.25, 0.3) is 0 Å². The molecule has 1 saturated heterocycles. The molecule has 0 radical (unpaired) electrons. The average molecular weight is 439 g/mol. The lowest BCUT2D eigenvalue weighted by Crippen LogP contribution is -2.49. The molecule has 3 aromatic rings. The fourth-order valence-electron chi connectivity index (χ4n) is 4.10. The molecular weight excluding hydrogens is 423 g/mol. The van der Waals surface area contributed by atoms with Crippen LogP contribution in [0.1, 0.15) is 11.1 Å². The quantitative estimate of drug-likeness (QED) is 0.580. The molecule has 3 aromatic carbocycles. The summed E-state index contributed by atoms with van der Waals surface area (Å²) in [6.07, 6.45) is 0. The van der Waals surface area contributed by atoms with E-state index < -0.39 is 10.7 Å². The standard InChI is InChI=1S/C23H16ClFN2O2S/c24-19-7-3-1-5-15(19)13-26-20-8-4-2-6-18(20)23(22(26)29)27(21(28)14-30-23)17-11-9-16(25)10-12-17/h1-12H,13-14H2. The topological polar surface area (TPSA) is 40.6 Å². The summed E-state index contributed by atoms with van der Waals surface area (Å²) in [6.45, 7) is 0.295. The highest BCUT2D eigenvalue weighted by Gasteiger charge is 2.60. The number of halogens is 2. The van der Waals surface area contributed by atoms with Crippen molar-refractivity contribution in [2.75, 3.05) is 15.6 Å². The van der Waals surface area contributed by atoms with Gasteiger partial charge in [0.1, 0.15) is 5.82 Å². The molecular formula is C23H16ClFN2O2S. The van der Waals surface area contributed by atoms with Gasteiger partial charge < -0.3 is 4.90 Å². The van der Waals surface area contributed by atoms with E-state index >= 15 is 0 Å². The molecule has 2 aliphatic heterocycles. The molecule has 1 fully saturated rings. The van der Waals surface area contributed by atoms with E-state index in [2.05, 4.69) is 0 Å². The molecule has 2 aliphatic rings. The van der Waals surface area contributed by atoms with Gasteiger partial charge in [0.05, 0.1) is 18.0 Å². The average Bonchev–Trinajstić information content (AvgIpc) is 3.22. The minimum absolute atomic E-state index is 0.164. The Bertz CT molecular complexity index is 1170. The first-order chi connectivity index (χ1) is 14.5. The van der Waals surface area contributed by atoms with Crippen molar-refractivity contribution >= 4 is 46.6 Å². The van der Waals surface area contributed by atoms with Gasteiger partial charge in [-0.15, -0.1) is 11.8 Å². The number of para-hydroxylation sites is 1. The summed E-state index contributed by atoms with van der Waals surface area (Å²) >= 11 is 7.64. The molecule has 7 heteroatoms. The van der Waals surface area contributed by atoms with Gasteiger partial charge in [-0.1, -0.05) is 48.0 Å². The van der Waals surface area contributed by atoms with Gasteiger partial charge in [0.25, 0.3) is 5.91 Å². The van der Waals surface area contributed by atoms with Crippen molar-refractivity contribution in [3.05, 3.63) is 94.8 Å². The third-order valence-electron chi connectivity index (χ3n) is 5.43. The van der Waals surface area contributed by atoms with Crippen LogP contribution in [0.15, 0.2) is 72.8 Å². The van der Waals surface area contributed by atoms with Crippen LogP contribution >= 0.6 is 23.4 Å². The largest absolute Gasteiger partial charge is 0.304 e. The summed E-state index contributed by atoms with van der Waals surface area (Å²) in [6, 6.07) is 20.5. The van der Waals surface area contributed by atoms with E-state index in [0.29, 0.717) is 17.3 Å². The molecule has 2 heterocycles. The number of nitrogens with zero attached hydrogens (tertiary/aromatic N) is 2. The predicted molar refractivity (Wildman–Crippen MR) is 117 cm³/mol. The maximum atomic E-state index is 13.9. The monoisotopic (exact) mass is 438 g/mol. The third kappa shape index (κ3) is 2.75. The molecule has 0 aromatic heterocycles. The molecule has 150 valence electrons. The Kier molecular flexibility index (Phi) is 4.56. The number of hydrogen-bond donors (Lipinski definition) is 0. The number of carbonyl (C=O) groups excluding carboxylic acids is 2. The summed E-state index contributed by atoms with van der Waals surface area (Å²) < 4.78 is 13.5. The van der Waals surface area contributed by atoms with Crippen molar-refractivity contribution < 1.29 is 14.0 Å². The SMILES string of the molecule is O=C1CSC2(C(=O)N(Cc3ccccc3Cl)c3ccccc32)N1c1ccc(F)cc1. The van der Waals surface area contributed by atoms with Crippen LogP contribution in [-0.2, 0) is 21.0 Å². The summed E-state index contributed by atoms with van der Waals surface area (Å²) in [5.41, 5.74) is 2.81. The summed E-state index contributed by atoms with van der Waals surface area (Å²) in [5, 5.41) is 0.578. The van der Waals surface area contributed by atoms with Gasteiger partial charge >= 0.3 is 0 Å². The third-order valence-corrected chi connectivity index (χ3v) is 7.19. The van der Waals surface area contributed by atoms with Crippen LogP contribution in [-0.4, -0.2) is 17.6 Å². The second-order valence-electron chi connectivity index (χ2n) is 7.14. The first kappa shape index (κ1) is 19.2. The Morgan fingerprint density at radius 3 is 2.43 bits per heavy atom. The lowest BCUT2D eigenvalue weighted by Gasteiger charge is -2.33. The maximum absolute atomic E-state index is 13.9. The number of rotatable bonds is 3. The van der Waals surface area contributed by atoms with Crippen LogP contribution in [0.4, 0.5) is 15.8 Å². The van der Waals surface area contributed by atoms with Crippen molar-refractivity contribution in [3.63, 3.8) is 0 Å². The minimum atomic E-state index is -1.22. The Labute approximate surface area is 182 Å². The molecule has 0 bridgehead atoms. The van der Waals surface area contributed by atoms with Crippen LogP contribution < -0.4 is 9.80 Å². The summed E-state index contributed by atoms with van der Waals surface area (Å²) in [7, 11) is 0. The molecule has 1 atom stereocenters. The predicted octanol–water partition coefficient (Wildman–Crippen LogP) is 4.96. The van der Waals surface area contributed by atoms with Gasteiger partial charge in [-0.25, -0.2) is 4.39 Å². The Balaban J connectivity index is 1.65. The normalized spacial score (nSPS) is 20.3. The molecule has 4 nitrogen and oxygen atoms in total. The highest BCUT2D eigenvalue weighted by molar-refractivity contribution is 8.02. The van der Waals surface area contributed by atoms with E-state index in [1.807, 2.05) is 42.5 Å². The fourth-order valence-corrected chi connectivity index (χ4v) is 5.65. The highest BCUT2D eigenvalue weighted by Crippen LogP contribution is 2.56. The highest BCUT2D eigenvalue weighted by atomic mass is 35.5. The van der Waals surface area contributed by atoms with Gasteiger partial charge in [0.15, 0.2) is 0 Å². The van der Waals surface area contributed by atoms with E-state index in [1.54, 1.807) is 11.0 Å². The lowest BCUT2D eigenvalue weighted by atomic mass is 10.0. The summed E-state index contributed by atoms with van der Waals surface area (Å²) in [4.78, 5) is 28.8. The van der Waals surface area contributed by atoms with E-state index in [4.69, 9.17) is 11.6 Å². The van der Waals surface area contributed by atoms with E-state index in [-0.39, 0.29) is 17.6 Å². The molecule has 0 N–H and O–H groups in total. The molecule has 1 unspecified atom stereocenters. The molecule has 2 amide bonds. The zero-order valence-corrected chi connectivity index (χ0v) is 17.3. The Morgan fingerprint density at radius 2 is 1.67 bits per heavy atom. The Hall–Kier alpha value is -2.83. The smallest absolute Gasteiger partial charge is 0.269 e. The number of thioether (sulfide) groups is 1. The van der Waals surface area contributed by atoms with Crippen molar-refractivity contribution in [3.8, 4) is 0 Å². The van der Waals surface area contributed by atoms with E-state index in [1.165, 1.54) is 40.9 Å². The zero-order chi connectivity index (χ0) is 20.9. The second-order valence-corrected chi connectivity index (χ2v) is 8.71. The van der Waals surface area contributed by atoms with E-state index in [0.717, 1.165) is 16.8 Å². The second kappa shape index (κ2) is 7.15. The van der Waals surface area contributed by atoms with Gasteiger partial charge in [-0.2, -0.15) is 0 Å². The van der Waals surface area contributed by atoms with Crippen LogP contribution in [0.3, 0.4) is 0 Å². The first-order valence-electron chi connectivity index (χ1n) is 9.40. The number of carbonyl (C=O) groups is 2. The first-order valence-corrected chi connectivity index (χ1v) is 10.8. The molecule has 1 spiro atoms. The molecule has 0 saturated carbocycles. The van der Waals surface area contributed by atoms with Gasteiger partial charge in [0.2, 0.25) is 10.8 Å². The maximum Gasteiger partial charge on any atom is 0.269 e. The summed E-state index contributed by atoms with van der Waals surface area (Å²) in [5.74, 6) is -0.624. The van der Waals surface area contributed by atoms with E-state index in [9.17, 15) is 14.0 Å². The molecule has 5 rings (SSSR count). The van der Waals surface area contributed by atoms with Gasteiger partial charge in [-0.3, -0.25) is 14.5 Å². The number of amides is 2. The van der Waals surface area contributed by atoms with Crippen molar-refractivity contribution in [1.29, 1.82) is 0 Å². The van der Waals surface area contributed by atoms with Crippen LogP contribution in [0.2, 0.25) is 5.02 Å². The van der Waals surface area contributed by atoms with Crippen molar-refractivity contribution in [2.45, 2.75) is 11.4 Å². The van der Waals surface area contributed by atoms with Crippen LogP contribution in [0, 0.1) is 5.82 Å². The number of fused-ring (bicyclic) bond motifs is 2. The number of hydrogen-bond acceptors (Lipinski definition) is 3. The Morgan fingerprint density at radius 1 is 0.967 bits per heavy atom. The molecule has 0 aliphatic carbocycles. The lowest BCUT2D eigenvalue weighted by molar-refractivity contribution is -0.123. The van der Waals surface area contributed by atoms with Gasteiger partial charge in [0, 0.05) is 16.3 Å². The van der Waals surface area contributed by atoms with Gasteiger partial charge in [-0.05, 0) is 42.0 Å². The fraction of sp³-hybridized carbons (Fsp3) is 0.130. The van der Waals surface area contributed by atoms with Crippen molar-refractivity contribution in [2.24, 2.45) is 0 Å². The van der Waals surface area contributed by atoms with Crippen molar-refractivity contribution in [1.82, 2.24) is 0 Å². The molecule has 30 heavy (non-hydrogen) atoms. The number of benzene rings is 3. The minimum Gasteiger partial charge on any atom is -0.304 e. The zero-order valence-electron chi connectivity index (χ0n) is 15.7. The number of anilines is 2.